The number of benzene rings is 1. The van der Waals surface area contributed by atoms with E-state index in [2.05, 4.69) is 22.0 Å². The van der Waals surface area contributed by atoms with Crippen LogP contribution < -0.4 is 0 Å². The number of hydrogen-bond donors (Lipinski definition) is 0. The minimum Gasteiger partial charge on any atom is -0.465 e. The van der Waals surface area contributed by atoms with Gasteiger partial charge in [0.2, 0.25) is 0 Å². The third-order valence-corrected chi connectivity index (χ3v) is 5.60. The summed E-state index contributed by atoms with van der Waals surface area (Å²) in [4.78, 5) is 27.2. The first-order chi connectivity index (χ1) is 13.0. The van der Waals surface area contributed by atoms with Crippen LogP contribution in [0.25, 0.3) is 6.08 Å². The van der Waals surface area contributed by atoms with E-state index in [1.54, 1.807) is 11.0 Å². The molecule has 0 saturated heterocycles. The Bertz CT molecular complexity index is 851. The third-order valence-electron chi connectivity index (χ3n) is 5.10. The van der Waals surface area contributed by atoms with Gasteiger partial charge in [-0.15, -0.1) is 0 Å². The van der Waals surface area contributed by atoms with Crippen molar-refractivity contribution in [1.82, 2.24) is 4.90 Å². The highest BCUT2D eigenvalue weighted by Gasteiger charge is 2.36. The molecular weight excluding hydrogens is 406 g/mol. The molecule has 0 bridgehead atoms. The SMILES string of the molecule is COC(=O)C1=C(C)N(CCC2=CCCCC2)C(=O)/C1=C\c1cccc(Br)c1. The normalized spacial score (nSPS) is 18.9. The number of nitrogens with zero attached hydrogens (tertiary/aromatic N) is 1. The van der Waals surface area contributed by atoms with Crippen LogP contribution in [0.2, 0.25) is 0 Å². The molecule has 0 atom stereocenters. The molecule has 142 valence electrons. The van der Waals surface area contributed by atoms with Crippen molar-refractivity contribution in [2.75, 3.05) is 13.7 Å². The quantitative estimate of drug-likeness (QED) is 0.375. The van der Waals surface area contributed by atoms with Gasteiger partial charge in [-0.3, -0.25) is 4.79 Å². The van der Waals surface area contributed by atoms with E-state index in [1.807, 2.05) is 31.2 Å². The van der Waals surface area contributed by atoms with Gasteiger partial charge in [0.25, 0.3) is 5.91 Å². The monoisotopic (exact) mass is 429 g/mol. The Morgan fingerprint density at radius 3 is 2.81 bits per heavy atom. The molecule has 1 aromatic rings. The Morgan fingerprint density at radius 1 is 1.33 bits per heavy atom. The average Bonchev–Trinajstić information content (AvgIpc) is 2.90. The van der Waals surface area contributed by atoms with Gasteiger partial charge >= 0.3 is 5.97 Å². The fourth-order valence-corrected chi connectivity index (χ4v) is 4.06. The largest absolute Gasteiger partial charge is 0.465 e. The smallest absolute Gasteiger partial charge is 0.340 e. The molecule has 4 nitrogen and oxygen atoms in total. The summed E-state index contributed by atoms with van der Waals surface area (Å²) in [5, 5.41) is 0. The van der Waals surface area contributed by atoms with Gasteiger partial charge < -0.3 is 9.64 Å². The van der Waals surface area contributed by atoms with E-state index < -0.39 is 5.97 Å². The lowest BCUT2D eigenvalue weighted by Crippen LogP contribution is -2.26. The Balaban J connectivity index is 1.90. The second-order valence-corrected chi connectivity index (χ2v) is 7.80. The first kappa shape index (κ1) is 19.6. The first-order valence-electron chi connectivity index (χ1n) is 9.28. The van der Waals surface area contributed by atoms with Crippen molar-refractivity contribution in [1.29, 1.82) is 0 Å². The lowest BCUT2D eigenvalue weighted by molar-refractivity contribution is -0.136. The fourth-order valence-electron chi connectivity index (χ4n) is 3.65. The van der Waals surface area contributed by atoms with Crippen molar-refractivity contribution in [2.24, 2.45) is 0 Å². The Labute approximate surface area is 168 Å². The van der Waals surface area contributed by atoms with Crippen molar-refractivity contribution in [3.05, 3.63) is 62.8 Å². The van der Waals surface area contributed by atoms with Crippen LogP contribution in [0.1, 0.15) is 44.6 Å². The summed E-state index contributed by atoms with van der Waals surface area (Å²) >= 11 is 3.44. The standard InChI is InChI=1S/C22H24BrNO3/c1-15-20(22(26)27-2)19(14-17-9-6-10-18(23)13-17)21(25)24(15)12-11-16-7-4-3-5-8-16/h6-7,9-10,13-14H,3-5,8,11-12H2,1-2H3/b19-14-. The highest BCUT2D eigenvalue weighted by Crippen LogP contribution is 2.33. The molecule has 5 heteroatoms. The van der Waals surface area contributed by atoms with Gasteiger partial charge in [0.1, 0.15) is 0 Å². The third kappa shape index (κ3) is 4.41. The fraction of sp³-hybridized carbons (Fsp3) is 0.364. The van der Waals surface area contributed by atoms with E-state index in [1.165, 1.54) is 25.5 Å². The Morgan fingerprint density at radius 2 is 2.15 bits per heavy atom. The molecule has 1 aromatic carbocycles. The summed E-state index contributed by atoms with van der Waals surface area (Å²) in [7, 11) is 1.35. The number of carbonyl (C=O) groups is 2. The van der Waals surface area contributed by atoms with Gasteiger partial charge in [0, 0.05) is 16.7 Å². The second-order valence-electron chi connectivity index (χ2n) is 6.88. The number of halogens is 1. The molecule has 2 aliphatic rings. The number of amides is 1. The number of allylic oxidation sites excluding steroid dienone is 2. The molecular formula is C22H24BrNO3. The zero-order valence-corrected chi connectivity index (χ0v) is 17.3. The highest BCUT2D eigenvalue weighted by atomic mass is 79.9. The van der Waals surface area contributed by atoms with Crippen LogP contribution in [-0.2, 0) is 14.3 Å². The van der Waals surface area contributed by atoms with Gasteiger partial charge in [0.05, 0.1) is 18.3 Å². The van der Waals surface area contributed by atoms with Crippen LogP contribution in [0, 0.1) is 0 Å². The van der Waals surface area contributed by atoms with Crippen LogP contribution in [0.5, 0.6) is 0 Å². The van der Waals surface area contributed by atoms with Crippen LogP contribution in [0.15, 0.2) is 57.2 Å². The molecule has 0 saturated carbocycles. The zero-order valence-electron chi connectivity index (χ0n) is 15.8. The van der Waals surface area contributed by atoms with E-state index in [9.17, 15) is 9.59 Å². The summed E-state index contributed by atoms with van der Waals surface area (Å²) in [5.74, 6) is -0.606. The molecule has 0 radical (unpaired) electrons. The maximum Gasteiger partial charge on any atom is 0.340 e. The summed E-state index contributed by atoms with van der Waals surface area (Å²) in [6.45, 7) is 2.41. The summed E-state index contributed by atoms with van der Waals surface area (Å²) < 4.78 is 5.87. The Hall–Kier alpha value is -2.14. The van der Waals surface area contributed by atoms with Crippen molar-refractivity contribution in [3.63, 3.8) is 0 Å². The van der Waals surface area contributed by atoms with E-state index in [4.69, 9.17) is 4.74 Å². The minimum absolute atomic E-state index is 0.135. The summed E-state index contributed by atoms with van der Waals surface area (Å²) in [5.41, 5.74) is 3.70. The maximum atomic E-state index is 13.1. The van der Waals surface area contributed by atoms with Gasteiger partial charge in [-0.1, -0.05) is 39.7 Å². The summed E-state index contributed by atoms with van der Waals surface area (Å²) in [6.07, 6.45) is 9.61. The minimum atomic E-state index is -0.471. The molecule has 1 amide bonds. The molecule has 0 aromatic heterocycles. The lowest BCUT2D eigenvalue weighted by atomic mass is 9.97. The van der Waals surface area contributed by atoms with Gasteiger partial charge in [0.15, 0.2) is 0 Å². The number of methoxy groups -OCH3 is 1. The number of rotatable bonds is 5. The molecule has 0 unspecified atom stereocenters. The van der Waals surface area contributed by atoms with E-state index >= 15 is 0 Å². The second kappa shape index (κ2) is 8.70. The predicted octanol–water partition coefficient (Wildman–Crippen LogP) is 5.01. The average molecular weight is 430 g/mol. The molecule has 1 aliphatic heterocycles. The molecule has 0 N–H and O–H groups in total. The van der Waals surface area contributed by atoms with Crippen LogP contribution in [0.3, 0.4) is 0 Å². The number of esters is 1. The highest BCUT2D eigenvalue weighted by molar-refractivity contribution is 9.10. The lowest BCUT2D eigenvalue weighted by Gasteiger charge is -2.20. The first-order valence-corrected chi connectivity index (χ1v) is 10.1. The molecule has 0 spiro atoms. The van der Waals surface area contributed by atoms with Crippen molar-refractivity contribution < 1.29 is 14.3 Å². The van der Waals surface area contributed by atoms with E-state index in [0.29, 0.717) is 23.4 Å². The van der Waals surface area contributed by atoms with Gasteiger partial charge in [-0.2, -0.15) is 0 Å². The van der Waals surface area contributed by atoms with Gasteiger partial charge in [-0.25, -0.2) is 4.79 Å². The van der Waals surface area contributed by atoms with Crippen LogP contribution in [0.4, 0.5) is 0 Å². The van der Waals surface area contributed by atoms with Crippen LogP contribution >= 0.6 is 15.9 Å². The van der Waals surface area contributed by atoms with Gasteiger partial charge in [-0.05, 0) is 62.8 Å². The predicted molar refractivity (Wildman–Crippen MR) is 110 cm³/mol. The van der Waals surface area contributed by atoms with E-state index in [0.717, 1.165) is 29.3 Å². The molecule has 27 heavy (non-hydrogen) atoms. The molecule has 3 rings (SSSR count). The molecule has 0 fully saturated rings. The van der Waals surface area contributed by atoms with Crippen molar-refractivity contribution >= 4 is 33.9 Å². The summed E-state index contributed by atoms with van der Waals surface area (Å²) in [6, 6.07) is 7.65. The zero-order chi connectivity index (χ0) is 19.4. The van der Waals surface area contributed by atoms with Crippen molar-refractivity contribution in [3.8, 4) is 0 Å². The van der Waals surface area contributed by atoms with E-state index in [-0.39, 0.29) is 5.91 Å². The Kier molecular flexibility index (Phi) is 6.32. The van der Waals surface area contributed by atoms with Crippen molar-refractivity contribution in [2.45, 2.75) is 39.0 Å². The molecule has 1 aliphatic carbocycles. The number of ether oxygens (including phenoxy) is 1. The molecule has 1 heterocycles. The number of carbonyl (C=O) groups excluding carboxylic acids is 2. The maximum absolute atomic E-state index is 13.1. The number of hydrogen-bond acceptors (Lipinski definition) is 3. The topological polar surface area (TPSA) is 46.6 Å². The van der Waals surface area contributed by atoms with Crippen LogP contribution in [-0.4, -0.2) is 30.4 Å².